The lowest BCUT2D eigenvalue weighted by molar-refractivity contribution is 0.102. The van der Waals surface area contributed by atoms with Crippen molar-refractivity contribution in [2.75, 3.05) is 31.6 Å². The maximum Gasteiger partial charge on any atom is 0.259 e. The van der Waals surface area contributed by atoms with Crippen LogP contribution in [0.3, 0.4) is 0 Å². The Bertz CT molecular complexity index is 673. The fourth-order valence-electron chi connectivity index (χ4n) is 2.58. The van der Waals surface area contributed by atoms with Crippen molar-refractivity contribution < 1.29 is 9.53 Å². The first-order valence-electron chi connectivity index (χ1n) is 8.59. The van der Waals surface area contributed by atoms with Gasteiger partial charge in [-0.2, -0.15) is 0 Å². The topological polar surface area (TPSA) is 41.6 Å². The standard InChI is InChI=1S/C20H25ClN2O2/c1-3-23(4-2)13-14-25-19-16(15-21)9-8-12-18(19)20(24)22-17-10-6-5-7-11-17/h5-12H,3-4,13-15H2,1-2H3,(H,22,24). The van der Waals surface area contributed by atoms with Crippen molar-refractivity contribution in [3.8, 4) is 5.75 Å². The lowest BCUT2D eigenvalue weighted by atomic mass is 10.1. The van der Waals surface area contributed by atoms with Crippen molar-refractivity contribution in [3.05, 3.63) is 59.7 Å². The van der Waals surface area contributed by atoms with Crippen LogP contribution < -0.4 is 10.1 Å². The number of rotatable bonds is 9. The Labute approximate surface area is 154 Å². The molecule has 0 bridgehead atoms. The number of carbonyl (C=O) groups is 1. The van der Waals surface area contributed by atoms with E-state index in [1.54, 1.807) is 6.07 Å². The Morgan fingerprint density at radius 2 is 1.80 bits per heavy atom. The van der Waals surface area contributed by atoms with E-state index in [2.05, 4.69) is 24.1 Å². The van der Waals surface area contributed by atoms with E-state index in [1.165, 1.54) is 0 Å². The highest BCUT2D eigenvalue weighted by molar-refractivity contribution is 6.17. The summed E-state index contributed by atoms with van der Waals surface area (Å²) in [6.07, 6.45) is 0. The number of anilines is 1. The third-order valence-corrected chi connectivity index (χ3v) is 4.35. The van der Waals surface area contributed by atoms with E-state index in [0.717, 1.165) is 30.9 Å². The molecule has 0 aliphatic rings. The van der Waals surface area contributed by atoms with E-state index in [0.29, 0.717) is 23.8 Å². The fraction of sp³-hybridized carbons (Fsp3) is 0.350. The van der Waals surface area contributed by atoms with Gasteiger partial charge < -0.3 is 15.0 Å². The third-order valence-electron chi connectivity index (χ3n) is 4.07. The van der Waals surface area contributed by atoms with Crippen molar-refractivity contribution in [2.45, 2.75) is 19.7 Å². The highest BCUT2D eigenvalue weighted by Gasteiger charge is 2.16. The summed E-state index contributed by atoms with van der Waals surface area (Å²) in [5.74, 6) is 0.668. The smallest absolute Gasteiger partial charge is 0.259 e. The van der Waals surface area contributed by atoms with Gasteiger partial charge in [0.2, 0.25) is 0 Å². The molecule has 134 valence electrons. The number of para-hydroxylation sites is 2. The van der Waals surface area contributed by atoms with Gasteiger partial charge in [-0.05, 0) is 31.3 Å². The Morgan fingerprint density at radius 3 is 2.44 bits per heavy atom. The molecule has 1 amide bonds. The summed E-state index contributed by atoms with van der Waals surface area (Å²) in [7, 11) is 0. The minimum absolute atomic E-state index is 0.198. The van der Waals surface area contributed by atoms with Crippen LogP contribution in [0, 0.1) is 0 Å². The van der Waals surface area contributed by atoms with Crippen molar-refractivity contribution in [3.63, 3.8) is 0 Å². The van der Waals surface area contributed by atoms with E-state index in [1.807, 2.05) is 42.5 Å². The molecule has 0 aliphatic carbocycles. The highest BCUT2D eigenvalue weighted by Crippen LogP contribution is 2.26. The molecular formula is C20H25ClN2O2. The van der Waals surface area contributed by atoms with E-state index in [4.69, 9.17) is 16.3 Å². The molecule has 0 unspecified atom stereocenters. The Balaban J connectivity index is 2.15. The van der Waals surface area contributed by atoms with Crippen LogP contribution in [0.2, 0.25) is 0 Å². The summed E-state index contributed by atoms with van der Waals surface area (Å²) in [4.78, 5) is 14.9. The zero-order valence-corrected chi connectivity index (χ0v) is 15.6. The van der Waals surface area contributed by atoms with Crippen molar-refractivity contribution in [2.24, 2.45) is 0 Å². The van der Waals surface area contributed by atoms with Crippen LogP contribution in [0.1, 0.15) is 29.8 Å². The molecule has 0 radical (unpaired) electrons. The largest absolute Gasteiger partial charge is 0.491 e. The van der Waals surface area contributed by atoms with Crippen molar-refractivity contribution in [1.29, 1.82) is 0 Å². The number of nitrogens with one attached hydrogen (secondary N) is 1. The number of carbonyl (C=O) groups excluding carboxylic acids is 1. The molecule has 4 nitrogen and oxygen atoms in total. The molecule has 25 heavy (non-hydrogen) atoms. The average molecular weight is 361 g/mol. The van der Waals surface area contributed by atoms with Gasteiger partial charge in [0.05, 0.1) is 11.4 Å². The Morgan fingerprint density at radius 1 is 1.08 bits per heavy atom. The van der Waals surface area contributed by atoms with Crippen LogP contribution in [0.4, 0.5) is 5.69 Å². The van der Waals surface area contributed by atoms with Crippen LogP contribution in [0.5, 0.6) is 5.75 Å². The third kappa shape index (κ3) is 5.48. The molecule has 0 spiro atoms. The number of hydrogen-bond donors (Lipinski definition) is 1. The fourth-order valence-corrected chi connectivity index (χ4v) is 2.79. The van der Waals surface area contributed by atoms with Crippen LogP contribution in [-0.4, -0.2) is 37.0 Å². The number of nitrogens with zero attached hydrogens (tertiary/aromatic N) is 1. The molecule has 5 heteroatoms. The number of halogens is 1. The van der Waals surface area contributed by atoms with Crippen molar-refractivity contribution in [1.82, 2.24) is 4.90 Å². The SMILES string of the molecule is CCN(CC)CCOc1c(CCl)cccc1C(=O)Nc1ccccc1. The van der Waals surface area contributed by atoms with Crippen LogP contribution in [-0.2, 0) is 5.88 Å². The number of ether oxygens (including phenoxy) is 1. The van der Waals surface area contributed by atoms with E-state index in [9.17, 15) is 4.79 Å². The predicted octanol–water partition coefficient (Wildman–Crippen LogP) is 4.40. The number of benzene rings is 2. The van der Waals surface area contributed by atoms with Gasteiger partial charge in [-0.3, -0.25) is 4.79 Å². The summed E-state index contributed by atoms with van der Waals surface area (Å²) in [6, 6.07) is 14.9. The Kier molecular flexibility index (Phi) is 7.76. The maximum atomic E-state index is 12.7. The van der Waals surface area contributed by atoms with E-state index in [-0.39, 0.29) is 5.91 Å². The van der Waals surface area contributed by atoms with Crippen molar-refractivity contribution >= 4 is 23.2 Å². The molecule has 0 saturated carbocycles. The molecule has 0 aliphatic heterocycles. The number of likely N-dealkylation sites (N-methyl/N-ethyl adjacent to an activating group) is 1. The minimum Gasteiger partial charge on any atom is -0.491 e. The minimum atomic E-state index is -0.198. The first-order chi connectivity index (χ1) is 12.2. The molecule has 2 rings (SSSR count). The van der Waals surface area contributed by atoms with Gasteiger partial charge in [-0.25, -0.2) is 0 Å². The number of hydrogen-bond acceptors (Lipinski definition) is 3. The van der Waals surface area contributed by atoms with Gasteiger partial charge in [0.1, 0.15) is 12.4 Å². The zero-order valence-electron chi connectivity index (χ0n) is 14.8. The second kappa shape index (κ2) is 10.1. The first-order valence-corrected chi connectivity index (χ1v) is 9.12. The molecule has 0 heterocycles. The molecule has 1 N–H and O–H groups in total. The predicted molar refractivity (Wildman–Crippen MR) is 104 cm³/mol. The van der Waals surface area contributed by atoms with Gasteiger partial charge in [-0.1, -0.05) is 44.2 Å². The number of amides is 1. The van der Waals surface area contributed by atoms with Crippen LogP contribution in [0.25, 0.3) is 0 Å². The molecule has 2 aromatic rings. The number of alkyl halides is 1. The van der Waals surface area contributed by atoms with E-state index < -0.39 is 0 Å². The summed E-state index contributed by atoms with van der Waals surface area (Å²) < 4.78 is 5.97. The molecular weight excluding hydrogens is 336 g/mol. The van der Waals surface area contributed by atoms with Crippen LogP contribution in [0.15, 0.2) is 48.5 Å². The average Bonchev–Trinajstić information content (AvgIpc) is 2.66. The second-order valence-electron chi connectivity index (χ2n) is 5.62. The van der Waals surface area contributed by atoms with E-state index >= 15 is 0 Å². The van der Waals surface area contributed by atoms with Crippen LogP contribution >= 0.6 is 11.6 Å². The summed E-state index contributed by atoms with van der Waals surface area (Å²) in [5.41, 5.74) is 2.07. The quantitative estimate of drug-likeness (QED) is 0.674. The first kappa shape index (κ1) is 19.3. The van der Waals surface area contributed by atoms with Gasteiger partial charge >= 0.3 is 0 Å². The summed E-state index contributed by atoms with van der Waals surface area (Å²) in [6.45, 7) is 7.51. The maximum absolute atomic E-state index is 12.7. The van der Waals surface area contributed by atoms with Gasteiger partial charge in [0, 0.05) is 17.8 Å². The van der Waals surface area contributed by atoms with Gasteiger partial charge in [0.15, 0.2) is 0 Å². The monoisotopic (exact) mass is 360 g/mol. The molecule has 0 fully saturated rings. The van der Waals surface area contributed by atoms with Gasteiger partial charge in [-0.15, -0.1) is 11.6 Å². The molecule has 0 saturated heterocycles. The molecule has 2 aromatic carbocycles. The van der Waals surface area contributed by atoms with Gasteiger partial charge in [0.25, 0.3) is 5.91 Å². The second-order valence-corrected chi connectivity index (χ2v) is 5.89. The molecule has 0 atom stereocenters. The normalized spacial score (nSPS) is 10.7. The Hall–Kier alpha value is -2.04. The lowest BCUT2D eigenvalue weighted by Crippen LogP contribution is -2.28. The molecule has 0 aromatic heterocycles. The zero-order chi connectivity index (χ0) is 18.1. The summed E-state index contributed by atoms with van der Waals surface area (Å²) >= 11 is 6.04. The summed E-state index contributed by atoms with van der Waals surface area (Å²) in [5, 5.41) is 2.90. The lowest BCUT2D eigenvalue weighted by Gasteiger charge is -2.20. The highest BCUT2D eigenvalue weighted by atomic mass is 35.5.